The summed E-state index contributed by atoms with van der Waals surface area (Å²) in [4.78, 5) is 12.1. The van der Waals surface area contributed by atoms with Crippen LogP contribution in [-0.4, -0.2) is 55.3 Å². The van der Waals surface area contributed by atoms with Gasteiger partial charge in [-0.05, 0) is 0 Å². The van der Waals surface area contributed by atoms with Gasteiger partial charge >= 0.3 is 0 Å². The number of nitrogens with two attached hydrogens (primary N) is 1. The fourth-order valence-electron chi connectivity index (χ4n) is 2.37. The monoisotopic (exact) mass is 281 g/mol. The zero-order chi connectivity index (χ0) is 14.3. The minimum atomic E-state index is -1.43. The molecular formula is C11H15N5O4. The van der Waals surface area contributed by atoms with Gasteiger partial charge in [0.05, 0.1) is 12.9 Å². The van der Waals surface area contributed by atoms with Crippen molar-refractivity contribution in [2.75, 3.05) is 19.5 Å². The molecule has 108 valence electrons. The number of rotatable bonds is 3. The topological polar surface area (TPSA) is 129 Å². The lowest BCUT2D eigenvalue weighted by Crippen LogP contribution is -2.44. The van der Waals surface area contributed by atoms with Gasteiger partial charge in [-0.2, -0.15) is 0 Å². The Hall–Kier alpha value is -1.81. The number of aliphatic hydroxyl groups excluding tert-OH is 2. The summed E-state index contributed by atoms with van der Waals surface area (Å²) in [7, 11) is 1.37. The van der Waals surface area contributed by atoms with Crippen molar-refractivity contribution in [3.8, 4) is 0 Å². The Morgan fingerprint density at radius 3 is 3.00 bits per heavy atom. The maximum atomic E-state index is 10.0. The summed E-state index contributed by atoms with van der Waals surface area (Å²) in [6.45, 7) is -0.453. The van der Waals surface area contributed by atoms with Gasteiger partial charge in [0.15, 0.2) is 11.5 Å². The van der Waals surface area contributed by atoms with Crippen molar-refractivity contribution in [3.05, 3.63) is 12.7 Å². The van der Waals surface area contributed by atoms with Crippen LogP contribution >= 0.6 is 0 Å². The molecule has 1 aliphatic rings. The molecule has 1 fully saturated rings. The number of hydrogen-bond donors (Lipinski definition) is 3. The Kier molecular flexibility index (Phi) is 3.05. The van der Waals surface area contributed by atoms with Crippen LogP contribution in [0.5, 0.6) is 0 Å². The third kappa shape index (κ3) is 1.75. The molecule has 1 aliphatic heterocycles. The molecule has 20 heavy (non-hydrogen) atoms. The molecule has 0 aliphatic carbocycles. The number of anilines is 1. The molecule has 3 atom stereocenters. The molecule has 0 spiro atoms. The maximum Gasteiger partial charge on any atom is 0.220 e. The zero-order valence-electron chi connectivity index (χ0n) is 10.8. The molecule has 0 amide bonds. The first-order valence-electron chi connectivity index (χ1n) is 6.06. The SMILES string of the molecule is CO[C@]1(CO)O[C@@H](n2cnc3c(N)ncnc32)C[C@@H]1O. The molecular weight excluding hydrogens is 266 g/mol. The van der Waals surface area contributed by atoms with Crippen molar-refractivity contribution in [3.63, 3.8) is 0 Å². The van der Waals surface area contributed by atoms with E-state index >= 15 is 0 Å². The van der Waals surface area contributed by atoms with Crippen molar-refractivity contribution >= 4 is 17.0 Å². The highest BCUT2D eigenvalue weighted by atomic mass is 16.7. The number of aliphatic hydroxyl groups is 2. The largest absolute Gasteiger partial charge is 0.391 e. The number of imidazole rings is 1. The third-order valence-corrected chi connectivity index (χ3v) is 3.53. The van der Waals surface area contributed by atoms with E-state index in [4.69, 9.17) is 15.2 Å². The summed E-state index contributed by atoms with van der Waals surface area (Å²) in [5, 5.41) is 19.4. The van der Waals surface area contributed by atoms with Crippen LogP contribution in [0.1, 0.15) is 12.6 Å². The van der Waals surface area contributed by atoms with Crippen LogP contribution in [0.25, 0.3) is 11.2 Å². The normalized spacial score (nSPS) is 30.1. The van der Waals surface area contributed by atoms with Crippen molar-refractivity contribution < 1.29 is 19.7 Å². The van der Waals surface area contributed by atoms with Crippen molar-refractivity contribution in [2.24, 2.45) is 0 Å². The van der Waals surface area contributed by atoms with Crippen LogP contribution < -0.4 is 5.73 Å². The second-order valence-corrected chi connectivity index (χ2v) is 4.58. The van der Waals surface area contributed by atoms with E-state index in [0.29, 0.717) is 11.2 Å². The Morgan fingerprint density at radius 2 is 2.35 bits per heavy atom. The number of ether oxygens (including phenoxy) is 2. The van der Waals surface area contributed by atoms with Gasteiger partial charge in [0, 0.05) is 13.5 Å². The van der Waals surface area contributed by atoms with Crippen LogP contribution in [-0.2, 0) is 9.47 Å². The number of nitrogens with zero attached hydrogens (tertiary/aromatic N) is 4. The van der Waals surface area contributed by atoms with E-state index in [1.807, 2.05) is 0 Å². The summed E-state index contributed by atoms with van der Waals surface area (Å²) in [6, 6.07) is 0. The summed E-state index contributed by atoms with van der Waals surface area (Å²) in [6.07, 6.45) is 1.56. The fourth-order valence-corrected chi connectivity index (χ4v) is 2.37. The van der Waals surface area contributed by atoms with E-state index in [0.717, 1.165) is 0 Å². The van der Waals surface area contributed by atoms with Gasteiger partial charge in [0.2, 0.25) is 5.79 Å². The highest BCUT2D eigenvalue weighted by Gasteiger charge is 2.49. The summed E-state index contributed by atoms with van der Waals surface area (Å²) < 4.78 is 12.4. The summed E-state index contributed by atoms with van der Waals surface area (Å²) >= 11 is 0. The number of methoxy groups -OCH3 is 1. The molecule has 3 heterocycles. The van der Waals surface area contributed by atoms with E-state index in [9.17, 15) is 10.2 Å². The maximum absolute atomic E-state index is 10.0. The first kappa shape index (κ1) is 13.2. The van der Waals surface area contributed by atoms with Gasteiger partial charge < -0.3 is 25.4 Å². The first-order valence-corrected chi connectivity index (χ1v) is 6.06. The highest BCUT2D eigenvalue weighted by molar-refractivity contribution is 5.81. The summed E-state index contributed by atoms with van der Waals surface area (Å²) in [5.41, 5.74) is 6.68. The molecule has 9 heteroatoms. The van der Waals surface area contributed by atoms with Crippen molar-refractivity contribution in [1.82, 2.24) is 19.5 Å². The number of hydrogen-bond acceptors (Lipinski definition) is 8. The standard InChI is InChI=1S/C11H15N5O4/c1-19-11(3-17)6(18)2-7(20-11)16-5-15-8-9(12)13-4-14-10(8)16/h4-7,17-18H,2-3H2,1H3,(H2,12,13,14)/t6-,7+,11+/m0/s1. The van der Waals surface area contributed by atoms with E-state index in [1.165, 1.54) is 19.8 Å². The third-order valence-electron chi connectivity index (χ3n) is 3.53. The lowest BCUT2D eigenvalue weighted by molar-refractivity contribution is -0.269. The Labute approximate surface area is 114 Å². The van der Waals surface area contributed by atoms with Crippen LogP contribution in [0.2, 0.25) is 0 Å². The van der Waals surface area contributed by atoms with E-state index in [-0.39, 0.29) is 12.2 Å². The molecule has 1 saturated heterocycles. The second kappa shape index (κ2) is 4.63. The van der Waals surface area contributed by atoms with Gasteiger partial charge in [-0.25, -0.2) is 15.0 Å². The number of aromatic nitrogens is 4. The van der Waals surface area contributed by atoms with Crippen LogP contribution in [0, 0.1) is 0 Å². The Balaban J connectivity index is 1.99. The van der Waals surface area contributed by atoms with Gasteiger partial charge in [-0.1, -0.05) is 0 Å². The van der Waals surface area contributed by atoms with E-state index < -0.39 is 24.7 Å². The number of nitrogen functional groups attached to an aromatic ring is 1. The lowest BCUT2D eigenvalue weighted by atomic mass is 10.1. The van der Waals surface area contributed by atoms with Crippen LogP contribution in [0.15, 0.2) is 12.7 Å². The van der Waals surface area contributed by atoms with E-state index in [1.54, 1.807) is 4.57 Å². The molecule has 2 aromatic heterocycles. The van der Waals surface area contributed by atoms with Crippen LogP contribution in [0.3, 0.4) is 0 Å². The molecule has 0 bridgehead atoms. The summed E-state index contributed by atoms with van der Waals surface area (Å²) in [5.74, 6) is -1.16. The van der Waals surface area contributed by atoms with Gasteiger partial charge in [0.25, 0.3) is 0 Å². The minimum absolute atomic E-state index is 0.240. The predicted octanol–water partition coefficient (Wildman–Crippen LogP) is -0.977. The molecule has 0 aromatic carbocycles. The molecule has 0 unspecified atom stereocenters. The molecule has 3 rings (SSSR count). The average molecular weight is 281 g/mol. The smallest absolute Gasteiger partial charge is 0.220 e. The second-order valence-electron chi connectivity index (χ2n) is 4.58. The van der Waals surface area contributed by atoms with Gasteiger partial charge in [0.1, 0.15) is 24.2 Å². The molecule has 2 aromatic rings. The van der Waals surface area contributed by atoms with Crippen LogP contribution in [0.4, 0.5) is 5.82 Å². The van der Waals surface area contributed by atoms with Crippen molar-refractivity contribution in [2.45, 2.75) is 24.5 Å². The molecule has 4 N–H and O–H groups in total. The molecule has 9 nitrogen and oxygen atoms in total. The quantitative estimate of drug-likeness (QED) is 0.655. The predicted molar refractivity (Wildman–Crippen MR) is 67.3 cm³/mol. The highest BCUT2D eigenvalue weighted by Crippen LogP contribution is 2.38. The average Bonchev–Trinajstić information content (AvgIpc) is 3.01. The fraction of sp³-hybridized carbons (Fsp3) is 0.545. The Morgan fingerprint density at radius 1 is 1.55 bits per heavy atom. The van der Waals surface area contributed by atoms with Gasteiger partial charge in [-0.15, -0.1) is 0 Å². The zero-order valence-corrected chi connectivity index (χ0v) is 10.8. The van der Waals surface area contributed by atoms with E-state index in [2.05, 4.69) is 15.0 Å². The lowest BCUT2D eigenvalue weighted by Gasteiger charge is -2.28. The molecule has 0 radical (unpaired) electrons. The van der Waals surface area contributed by atoms with Gasteiger partial charge in [-0.3, -0.25) is 4.57 Å². The molecule has 0 saturated carbocycles. The number of fused-ring (bicyclic) bond motifs is 1. The Bertz CT molecular complexity index is 626. The van der Waals surface area contributed by atoms with Crippen molar-refractivity contribution in [1.29, 1.82) is 0 Å². The first-order chi connectivity index (χ1) is 9.61. The minimum Gasteiger partial charge on any atom is -0.391 e.